The predicted octanol–water partition coefficient (Wildman–Crippen LogP) is 4.01. The quantitative estimate of drug-likeness (QED) is 0.655. The van der Waals surface area contributed by atoms with Crippen LogP contribution in [0.4, 0.5) is 0 Å². The third kappa shape index (κ3) is 3.98. The van der Waals surface area contributed by atoms with E-state index in [2.05, 4.69) is 37.8 Å². The molecule has 0 aromatic heterocycles. The third-order valence-corrected chi connectivity index (χ3v) is 3.38. The van der Waals surface area contributed by atoms with Crippen LogP contribution in [0.15, 0.2) is 27.1 Å². The maximum absolute atomic E-state index is 6.07. The van der Waals surface area contributed by atoms with Crippen molar-refractivity contribution < 1.29 is 0 Å². The number of halogens is 2. The summed E-state index contributed by atoms with van der Waals surface area (Å²) < 4.78 is 2.10. The monoisotopic (exact) mass is 329 g/mol. The molecule has 1 rings (SSSR count). The van der Waals surface area contributed by atoms with Crippen molar-refractivity contribution in [1.82, 2.24) is 0 Å². The first-order chi connectivity index (χ1) is 7.15. The summed E-state index contributed by atoms with van der Waals surface area (Å²) in [5, 5.41) is 0. The molecule has 0 saturated carbocycles. The predicted molar refractivity (Wildman–Crippen MR) is 71.5 cm³/mol. The smallest absolute Gasteiger partial charge is 0.0306 e. The molecule has 0 bridgehead atoms. The molecule has 15 heavy (non-hydrogen) atoms. The largest absolute Gasteiger partial charge is 0.324 e. The van der Waals surface area contributed by atoms with Gasteiger partial charge in [0.2, 0.25) is 0 Å². The highest BCUT2D eigenvalue weighted by molar-refractivity contribution is 9.11. The molecule has 3 heteroatoms. The maximum Gasteiger partial charge on any atom is 0.0306 e. The SMILES string of the molecule is C#CCCCC(N)c1ccc(Br)cc1Br. The van der Waals surface area contributed by atoms with E-state index < -0.39 is 0 Å². The maximum atomic E-state index is 6.07. The van der Waals surface area contributed by atoms with Gasteiger partial charge in [-0.15, -0.1) is 12.3 Å². The topological polar surface area (TPSA) is 26.0 Å². The lowest BCUT2D eigenvalue weighted by molar-refractivity contribution is 0.619. The molecule has 1 nitrogen and oxygen atoms in total. The van der Waals surface area contributed by atoms with Crippen molar-refractivity contribution >= 4 is 31.9 Å². The zero-order chi connectivity index (χ0) is 11.3. The van der Waals surface area contributed by atoms with Crippen molar-refractivity contribution in [2.24, 2.45) is 5.73 Å². The van der Waals surface area contributed by atoms with Crippen molar-refractivity contribution in [3.05, 3.63) is 32.7 Å². The summed E-state index contributed by atoms with van der Waals surface area (Å²) in [5.74, 6) is 2.62. The van der Waals surface area contributed by atoms with E-state index in [1.165, 1.54) is 0 Å². The summed E-state index contributed by atoms with van der Waals surface area (Å²) in [4.78, 5) is 0. The van der Waals surface area contributed by atoms with Crippen LogP contribution in [0.3, 0.4) is 0 Å². The lowest BCUT2D eigenvalue weighted by Gasteiger charge is -2.13. The standard InChI is InChI=1S/C12H13Br2N/c1-2-3-4-5-12(15)10-7-6-9(13)8-11(10)14/h1,6-8,12H,3-5,15H2. The fourth-order valence-electron chi connectivity index (χ4n) is 1.38. The second kappa shape index (κ2) is 6.32. The highest BCUT2D eigenvalue weighted by Gasteiger charge is 2.09. The first kappa shape index (κ1) is 12.8. The first-order valence-electron chi connectivity index (χ1n) is 4.79. The number of unbranched alkanes of at least 4 members (excludes halogenated alkanes) is 1. The minimum Gasteiger partial charge on any atom is -0.324 e. The van der Waals surface area contributed by atoms with Gasteiger partial charge in [-0.3, -0.25) is 0 Å². The van der Waals surface area contributed by atoms with Gasteiger partial charge in [-0.05, 0) is 30.5 Å². The van der Waals surface area contributed by atoms with Crippen LogP contribution in [0.1, 0.15) is 30.9 Å². The highest BCUT2D eigenvalue weighted by atomic mass is 79.9. The Hall–Kier alpha value is -0.300. The molecule has 1 unspecified atom stereocenters. The van der Waals surface area contributed by atoms with E-state index in [1.807, 2.05) is 18.2 Å². The Kier molecular flexibility index (Phi) is 5.38. The minimum absolute atomic E-state index is 0.0563. The van der Waals surface area contributed by atoms with Crippen molar-refractivity contribution in [2.45, 2.75) is 25.3 Å². The van der Waals surface area contributed by atoms with Crippen LogP contribution in [0, 0.1) is 12.3 Å². The number of hydrogen-bond donors (Lipinski definition) is 1. The molecular formula is C12H13Br2N. The lowest BCUT2D eigenvalue weighted by Crippen LogP contribution is -2.10. The van der Waals surface area contributed by atoms with Crippen LogP contribution < -0.4 is 5.73 Å². The number of hydrogen-bond acceptors (Lipinski definition) is 1. The van der Waals surface area contributed by atoms with Crippen molar-refractivity contribution in [2.75, 3.05) is 0 Å². The average Bonchev–Trinajstić information content (AvgIpc) is 2.17. The molecule has 1 aromatic rings. The fraction of sp³-hybridized carbons (Fsp3) is 0.333. The van der Waals surface area contributed by atoms with E-state index in [0.717, 1.165) is 33.8 Å². The average molecular weight is 331 g/mol. The molecule has 0 aliphatic heterocycles. The summed E-state index contributed by atoms with van der Waals surface area (Å²) in [7, 11) is 0. The van der Waals surface area contributed by atoms with E-state index in [1.54, 1.807) is 0 Å². The fourth-order valence-corrected chi connectivity index (χ4v) is 2.72. The summed E-state index contributed by atoms with van der Waals surface area (Å²) >= 11 is 6.92. The molecule has 0 saturated heterocycles. The number of rotatable bonds is 4. The summed E-state index contributed by atoms with van der Waals surface area (Å²) in [6.07, 6.45) is 7.88. The molecule has 0 aliphatic carbocycles. The Balaban J connectivity index is 2.66. The van der Waals surface area contributed by atoms with Crippen LogP contribution >= 0.6 is 31.9 Å². The molecule has 1 aromatic carbocycles. The minimum atomic E-state index is 0.0563. The molecule has 0 spiro atoms. The van der Waals surface area contributed by atoms with Gasteiger partial charge in [0.05, 0.1) is 0 Å². The molecule has 0 heterocycles. The Bertz CT molecular complexity index is 368. The molecule has 0 radical (unpaired) electrons. The van der Waals surface area contributed by atoms with Crippen LogP contribution in [0.2, 0.25) is 0 Å². The van der Waals surface area contributed by atoms with Crippen molar-refractivity contribution in [3.63, 3.8) is 0 Å². The molecule has 0 aliphatic rings. The zero-order valence-corrected chi connectivity index (χ0v) is 11.5. The van der Waals surface area contributed by atoms with Crippen LogP contribution in [0.25, 0.3) is 0 Å². The number of terminal acetylenes is 1. The van der Waals surface area contributed by atoms with Gasteiger partial charge < -0.3 is 5.73 Å². The van der Waals surface area contributed by atoms with E-state index in [9.17, 15) is 0 Å². The summed E-state index contributed by atoms with van der Waals surface area (Å²) in [6.45, 7) is 0. The Labute approximate surface area is 108 Å². The Morgan fingerprint density at radius 2 is 2.13 bits per heavy atom. The summed E-state index contributed by atoms with van der Waals surface area (Å²) in [5.41, 5.74) is 7.21. The first-order valence-corrected chi connectivity index (χ1v) is 6.37. The number of nitrogens with two attached hydrogens (primary N) is 1. The van der Waals surface area contributed by atoms with Gasteiger partial charge in [-0.1, -0.05) is 37.9 Å². The van der Waals surface area contributed by atoms with E-state index in [4.69, 9.17) is 12.2 Å². The van der Waals surface area contributed by atoms with Crippen LogP contribution in [0.5, 0.6) is 0 Å². The number of benzene rings is 1. The van der Waals surface area contributed by atoms with Gasteiger partial charge in [0, 0.05) is 21.4 Å². The van der Waals surface area contributed by atoms with Gasteiger partial charge in [0.15, 0.2) is 0 Å². The van der Waals surface area contributed by atoms with E-state index >= 15 is 0 Å². The zero-order valence-electron chi connectivity index (χ0n) is 8.34. The molecule has 1 atom stereocenters. The normalized spacial score (nSPS) is 12.1. The Morgan fingerprint density at radius 1 is 1.40 bits per heavy atom. The van der Waals surface area contributed by atoms with Gasteiger partial charge in [-0.25, -0.2) is 0 Å². The van der Waals surface area contributed by atoms with E-state index in [0.29, 0.717) is 0 Å². The molecule has 80 valence electrons. The van der Waals surface area contributed by atoms with Gasteiger partial charge >= 0.3 is 0 Å². The van der Waals surface area contributed by atoms with Crippen molar-refractivity contribution in [1.29, 1.82) is 0 Å². The van der Waals surface area contributed by atoms with Crippen LogP contribution in [-0.2, 0) is 0 Å². The second-order valence-electron chi connectivity index (χ2n) is 3.37. The van der Waals surface area contributed by atoms with Crippen molar-refractivity contribution in [3.8, 4) is 12.3 Å². The van der Waals surface area contributed by atoms with E-state index in [-0.39, 0.29) is 6.04 Å². The summed E-state index contributed by atoms with van der Waals surface area (Å²) in [6, 6.07) is 6.10. The van der Waals surface area contributed by atoms with Gasteiger partial charge in [-0.2, -0.15) is 0 Å². The van der Waals surface area contributed by atoms with Gasteiger partial charge in [0.1, 0.15) is 0 Å². The van der Waals surface area contributed by atoms with Gasteiger partial charge in [0.25, 0.3) is 0 Å². The molecular weight excluding hydrogens is 318 g/mol. The molecule has 0 amide bonds. The molecule has 2 N–H and O–H groups in total. The second-order valence-corrected chi connectivity index (χ2v) is 5.14. The highest BCUT2D eigenvalue weighted by Crippen LogP contribution is 2.28. The van der Waals surface area contributed by atoms with Crippen LogP contribution in [-0.4, -0.2) is 0 Å². The lowest BCUT2D eigenvalue weighted by atomic mass is 10.0. The molecule has 0 fully saturated rings. The third-order valence-electron chi connectivity index (χ3n) is 2.20. The Morgan fingerprint density at radius 3 is 2.73 bits per heavy atom.